The molecule has 1 N–H and O–H groups in total. The summed E-state index contributed by atoms with van der Waals surface area (Å²) in [5, 5.41) is 6.81. The Balaban J connectivity index is 2.06. The van der Waals surface area contributed by atoms with Gasteiger partial charge in [0.15, 0.2) is 0 Å². The zero-order valence-corrected chi connectivity index (χ0v) is 11.4. The molecule has 0 bridgehead atoms. The smallest absolute Gasteiger partial charge is 0.279 e. The van der Waals surface area contributed by atoms with E-state index in [1.807, 2.05) is 11.5 Å². The van der Waals surface area contributed by atoms with Crippen molar-refractivity contribution in [3.8, 4) is 0 Å². The highest BCUT2D eigenvalue weighted by Gasteiger charge is 2.23. The monoisotopic (exact) mass is 275 g/mol. The standard InChI is InChI=1S/C13H17N5O2/c1-2-6-14-11(19)7-17-10-5-3-4-9(10)12(20)18-13(17)15-8-16-18/h8H,2-7H2,1H3,(H,14,19). The first-order chi connectivity index (χ1) is 9.72. The summed E-state index contributed by atoms with van der Waals surface area (Å²) in [5.41, 5.74) is 1.60. The Morgan fingerprint density at radius 1 is 1.45 bits per heavy atom. The van der Waals surface area contributed by atoms with Crippen LogP contribution in [0.25, 0.3) is 5.78 Å². The molecule has 7 heteroatoms. The number of carbonyl (C=O) groups is 1. The van der Waals surface area contributed by atoms with Gasteiger partial charge >= 0.3 is 0 Å². The number of rotatable bonds is 4. The van der Waals surface area contributed by atoms with Crippen molar-refractivity contribution in [2.24, 2.45) is 0 Å². The molecule has 1 amide bonds. The summed E-state index contributed by atoms with van der Waals surface area (Å²) in [6.45, 7) is 2.85. The molecule has 7 nitrogen and oxygen atoms in total. The van der Waals surface area contributed by atoms with Crippen LogP contribution in [0.3, 0.4) is 0 Å². The average molecular weight is 275 g/mol. The zero-order valence-electron chi connectivity index (χ0n) is 11.4. The highest BCUT2D eigenvalue weighted by atomic mass is 16.2. The number of carbonyl (C=O) groups excluding carboxylic acids is 1. The molecule has 0 radical (unpaired) electrons. The molecule has 2 aromatic heterocycles. The van der Waals surface area contributed by atoms with E-state index >= 15 is 0 Å². The van der Waals surface area contributed by atoms with Crippen molar-refractivity contribution in [3.05, 3.63) is 27.9 Å². The van der Waals surface area contributed by atoms with Crippen LogP contribution in [0.15, 0.2) is 11.1 Å². The van der Waals surface area contributed by atoms with E-state index in [9.17, 15) is 9.59 Å². The van der Waals surface area contributed by atoms with Crippen LogP contribution < -0.4 is 10.9 Å². The molecule has 2 aromatic rings. The summed E-state index contributed by atoms with van der Waals surface area (Å²) >= 11 is 0. The topological polar surface area (TPSA) is 81.3 Å². The molecule has 0 fully saturated rings. The van der Waals surface area contributed by atoms with Crippen LogP contribution in [0.1, 0.15) is 31.0 Å². The summed E-state index contributed by atoms with van der Waals surface area (Å²) in [6.07, 6.45) is 4.75. The van der Waals surface area contributed by atoms with Gasteiger partial charge in [-0.1, -0.05) is 6.92 Å². The highest BCUT2D eigenvalue weighted by Crippen LogP contribution is 2.19. The summed E-state index contributed by atoms with van der Waals surface area (Å²) in [4.78, 5) is 28.3. The first kappa shape index (κ1) is 12.8. The first-order valence-corrected chi connectivity index (χ1v) is 6.93. The van der Waals surface area contributed by atoms with Gasteiger partial charge in [-0.25, -0.2) is 0 Å². The lowest BCUT2D eigenvalue weighted by Gasteiger charge is -2.13. The van der Waals surface area contributed by atoms with Crippen LogP contribution in [0.5, 0.6) is 0 Å². The molecule has 1 aliphatic carbocycles. The molecule has 0 aromatic carbocycles. The van der Waals surface area contributed by atoms with Crippen LogP contribution >= 0.6 is 0 Å². The van der Waals surface area contributed by atoms with Crippen LogP contribution in [0.4, 0.5) is 0 Å². The van der Waals surface area contributed by atoms with E-state index in [4.69, 9.17) is 0 Å². The molecule has 2 heterocycles. The summed E-state index contributed by atoms with van der Waals surface area (Å²) in [5.74, 6) is 0.386. The van der Waals surface area contributed by atoms with Crippen molar-refractivity contribution in [2.75, 3.05) is 6.54 Å². The SMILES string of the molecule is CCCNC(=O)Cn1c2c(c(=O)n3ncnc13)CCC2. The van der Waals surface area contributed by atoms with Crippen molar-refractivity contribution in [1.82, 2.24) is 24.5 Å². The predicted molar refractivity (Wildman–Crippen MR) is 72.6 cm³/mol. The lowest BCUT2D eigenvalue weighted by Crippen LogP contribution is -2.32. The molecule has 3 rings (SSSR count). The van der Waals surface area contributed by atoms with Crippen LogP contribution in [-0.2, 0) is 24.2 Å². The Hall–Kier alpha value is -2.18. The maximum Gasteiger partial charge on any atom is 0.279 e. The summed E-state index contributed by atoms with van der Waals surface area (Å²) in [6, 6.07) is 0. The van der Waals surface area contributed by atoms with Gasteiger partial charge < -0.3 is 9.88 Å². The second-order valence-electron chi connectivity index (χ2n) is 4.99. The molecule has 1 aliphatic rings. The second kappa shape index (κ2) is 5.07. The third-order valence-corrected chi connectivity index (χ3v) is 3.61. The summed E-state index contributed by atoms with van der Waals surface area (Å²) in [7, 11) is 0. The number of nitrogens with one attached hydrogen (secondary N) is 1. The van der Waals surface area contributed by atoms with E-state index in [1.54, 1.807) is 0 Å². The number of aromatic nitrogens is 4. The molecule has 0 spiro atoms. The third kappa shape index (κ3) is 1.99. The van der Waals surface area contributed by atoms with Gasteiger partial charge in [0.05, 0.1) is 0 Å². The number of hydrogen-bond acceptors (Lipinski definition) is 4. The number of amides is 1. The van der Waals surface area contributed by atoms with Gasteiger partial charge in [-0.15, -0.1) is 0 Å². The van der Waals surface area contributed by atoms with Crippen molar-refractivity contribution in [2.45, 2.75) is 39.2 Å². The van der Waals surface area contributed by atoms with E-state index in [-0.39, 0.29) is 18.0 Å². The Morgan fingerprint density at radius 3 is 3.10 bits per heavy atom. The molecule has 0 saturated heterocycles. The molecule has 0 aliphatic heterocycles. The lowest BCUT2D eigenvalue weighted by atomic mass is 10.2. The van der Waals surface area contributed by atoms with E-state index in [1.165, 1.54) is 10.8 Å². The van der Waals surface area contributed by atoms with Gasteiger partial charge in [-0.05, 0) is 25.7 Å². The minimum Gasteiger partial charge on any atom is -0.355 e. The number of hydrogen-bond donors (Lipinski definition) is 1. The van der Waals surface area contributed by atoms with Gasteiger partial charge in [0, 0.05) is 17.8 Å². The maximum atomic E-state index is 12.2. The summed E-state index contributed by atoms with van der Waals surface area (Å²) < 4.78 is 3.11. The highest BCUT2D eigenvalue weighted by molar-refractivity contribution is 5.76. The minimum absolute atomic E-state index is 0.0606. The van der Waals surface area contributed by atoms with Gasteiger partial charge in [0.2, 0.25) is 11.7 Å². The Bertz CT molecular complexity index is 715. The Morgan fingerprint density at radius 2 is 2.30 bits per heavy atom. The van der Waals surface area contributed by atoms with Gasteiger partial charge in [-0.3, -0.25) is 9.59 Å². The number of nitrogens with zero attached hydrogens (tertiary/aromatic N) is 4. The van der Waals surface area contributed by atoms with Gasteiger partial charge in [-0.2, -0.15) is 14.6 Å². The maximum absolute atomic E-state index is 12.2. The molecular weight excluding hydrogens is 258 g/mol. The van der Waals surface area contributed by atoms with E-state index in [2.05, 4.69) is 15.4 Å². The average Bonchev–Trinajstić information content (AvgIpc) is 3.09. The Labute approximate surface area is 115 Å². The molecule has 106 valence electrons. The second-order valence-corrected chi connectivity index (χ2v) is 4.99. The van der Waals surface area contributed by atoms with E-state index < -0.39 is 0 Å². The fourth-order valence-corrected chi connectivity index (χ4v) is 2.70. The predicted octanol–water partition coefficient (Wildman–Crippen LogP) is -0.0941. The largest absolute Gasteiger partial charge is 0.355 e. The van der Waals surface area contributed by atoms with Crippen molar-refractivity contribution < 1.29 is 4.79 Å². The van der Waals surface area contributed by atoms with Crippen molar-refractivity contribution in [3.63, 3.8) is 0 Å². The van der Waals surface area contributed by atoms with Crippen molar-refractivity contribution in [1.29, 1.82) is 0 Å². The lowest BCUT2D eigenvalue weighted by molar-refractivity contribution is -0.121. The quantitative estimate of drug-likeness (QED) is 0.845. The molecule has 20 heavy (non-hydrogen) atoms. The van der Waals surface area contributed by atoms with Crippen LogP contribution in [-0.4, -0.2) is 31.6 Å². The van der Waals surface area contributed by atoms with E-state index in [0.29, 0.717) is 12.3 Å². The van der Waals surface area contributed by atoms with Crippen LogP contribution in [0, 0.1) is 0 Å². The van der Waals surface area contributed by atoms with Crippen molar-refractivity contribution >= 4 is 11.7 Å². The molecule has 0 atom stereocenters. The fraction of sp³-hybridized carbons (Fsp3) is 0.538. The van der Waals surface area contributed by atoms with E-state index in [0.717, 1.165) is 36.9 Å². The normalized spacial score (nSPS) is 13.7. The van der Waals surface area contributed by atoms with Crippen LogP contribution in [0.2, 0.25) is 0 Å². The molecule has 0 saturated carbocycles. The zero-order chi connectivity index (χ0) is 14.1. The van der Waals surface area contributed by atoms with Gasteiger partial charge in [0.25, 0.3) is 5.56 Å². The van der Waals surface area contributed by atoms with Gasteiger partial charge in [0.1, 0.15) is 12.9 Å². The molecule has 0 unspecified atom stereocenters. The Kier molecular flexibility index (Phi) is 3.25. The first-order valence-electron chi connectivity index (χ1n) is 6.93. The third-order valence-electron chi connectivity index (χ3n) is 3.61. The molecular formula is C13H17N5O2. The number of fused-ring (bicyclic) bond motifs is 2. The fourth-order valence-electron chi connectivity index (χ4n) is 2.70. The minimum atomic E-state index is -0.102.